The first kappa shape index (κ1) is 28.3. The van der Waals surface area contributed by atoms with Crippen LogP contribution in [0.3, 0.4) is 0 Å². The van der Waals surface area contributed by atoms with Crippen molar-refractivity contribution in [1.29, 1.82) is 0 Å². The highest BCUT2D eigenvalue weighted by molar-refractivity contribution is 6.25. The number of Topliss-reactive ketones (excluding diaryl/α,β-unsaturated/α-hetero) is 2. The van der Waals surface area contributed by atoms with E-state index in [1.54, 1.807) is 19.1 Å². The summed E-state index contributed by atoms with van der Waals surface area (Å²) in [5.41, 5.74) is -3.52. The van der Waals surface area contributed by atoms with E-state index >= 15 is 0 Å². The number of aliphatic hydroxyl groups is 4. The molecule has 40 heavy (non-hydrogen) atoms. The second-order valence-electron chi connectivity index (χ2n) is 11.9. The summed E-state index contributed by atoms with van der Waals surface area (Å²) < 4.78 is 0. The highest BCUT2D eigenvalue weighted by Crippen LogP contribution is 2.56. The SMILES string of the molecule is CC1CCN(CNC(=O)C2=C(O)[C@@]3(O)C(=O)C4=C(O)c5c(O)cccc5[C@H](C)[C@H]4[C@H](O)[C@H]3[C@H](N(C)C)C2=O)CC1. The number of phenols is 1. The molecule has 5 rings (SSSR count). The Bertz CT molecular complexity index is 1330. The number of hydrogen-bond acceptors (Lipinski definition) is 10. The summed E-state index contributed by atoms with van der Waals surface area (Å²) in [4.78, 5) is 44.6. The molecule has 1 aromatic carbocycles. The largest absolute Gasteiger partial charge is 0.508 e. The number of aromatic hydroxyl groups is 1. The molecule has 0 aromatic heterocycles. The van der Waals surface area contributed by atoms with Crippen LogP contribution >= 0.6 is 0 Å². The summed E-state index contributed by atoms with van der Waals surface area (Å²) in [5, 5.41) is 59.3. The van der Waals surface area contributed by atoms with Crippen LogP contribution in [0.15, 0.2) is 35.1 Å². The van der Waals surface area contributed by atoms with Gasteiger partial charge in [0.05, 0.1) is 30.3 Å². The lowest BCUT2D eigenvalue weighted by molar-refractivity contribution is -0.169. The van der Waals surface area contributed by atoms with Crippen molar-refractivity contribution in [3.8, 4) is 5.75 Å². The van der Waals surface area contributed by atoms with Crippen LogP contribution < -0.4 is 5.32 Å². The zero-order valence-corrected chi connectivity index (χ0v) is 23.1. The number of ketones is 2. The molecule has 216 valence electrons. The van der Waals surface area contributed by atoms with Crippen LogP contribution in [0.25, 0.3) is 5.76 Å². The zero-order valence-electron chi connectivity index (χ0n) is 23.1. The van der Waals surface area contributed by atoms with Gasteiger partial charge in [-0.1, -0.05) is 26.0 Å². The molecule has 3 aliphatic carbocycles. The number of piperidine rings is 1. The predicted molar refractivity (Wildman–Crippen MR) is 144 cm³/mol. The van der Waals surface area contributed by atoms with Crippen LogP contribution in [-0.4, -0.2) is 104 Å². The van der Waals surface area contributed by atoms with E-state index < -0.39 is 70.1 Å². The van der Waals surface area contributed by atoms with Crippen molar-refractivity contribution in [2.75, 3.05) is 33.9 Å². The second kappa shape index (κ2) is 9.99. The molecular formula is C29H37N3O8. The Balaban J connectivity index is 1.61. The Hall–Kier alpha value is -3.25. The van der Waals surface area contributed by atoms with Crippen molar-refractivity contribution in [2.45, 2.75) is 50.4 Å². The van der Waals surface area contributed by atoms with Crippen molar-refractivity contribution < 1.29 is 39.9 Å². The minimum atomic E-state index is -2.88. The van der Waals surface area contributed by atoms with Gasteiger partial charge in [0.15, 0.2) is 11.4 Å². The van der Waals surface area contributed by atoms with E-state index in [-0.39, 0.29) is 23.6 Å². The minimum absolute atomic E-state index is 0.00261. The number of carbonyl (C=O) groups excluding carboxylic acids is 3. The normalized spacial score (nSPS) is 33.1. The molecule has 2 fully saturated rings. The maximum atomic E-state index is 14.1. The van der Waals surface area contributed by atoms with Crippen LogP contribution in [0, 0.1) is 17.8 Å². The van der Waals surface area contributed by atoms with Crippen molar-refractivity contribution in [1.82, 2.24) is 15.1 Å². The minimum Gasteiger partial charge on any atom is -0.508 e. The highest BCUT2D eigenvalue weighted by Gasteiger charge is 2.68. The molecule has 11 heteroatoms. The Morgan fingerprint density at radius 3 is 2.40 bits per heavy atom. The molecular weight excluding hydrogens is 518 g/mol. The number of phenolic OH excluding ortho intramolecular Hbond substituents is 1. The number of nitrogens with zero attached hydrogens (tertiary/aromatic N) is 2. The molecule has 0 bridgehead atoms. The fraction of sp³-hybridized carbons (Fsp3) is 0.552. The molecule has 4 aliphatic rings. The number of carbonyl (C=O) groups is 3. The first-order chi connectivity index (χ1) is 18.8. The van der Waals surface area contributed by atoms with Gasteiger partial charge in [0.25, 0.3) is 5.91 Å². The predicted octanol–water partition coefficient (Wildman–Crippen LogP) is 0.816. The molecule has 1 saturated carbocycles. The van der Waals surface area contributed by atoms with Crippen LogP contribution in [0.5, 0.6) is 5.75 Å². The van der Waals surface area contributed by atoms with Crippen LogP contribution in [0.4, 0.5) is 0 Å². The number of rotatable bonds is 4. The van der Waals surface area contributed by atoms with Gasteiger partial charge in [0.1, 0.15) is 22.8 Å². The number of likely N-dealkylation sites (tertiary alicyclic amines) is 1. The number of benzene rings is 1. The van der Waals surface area contributed by atoms with Crippen molar-refractivity contribution in [3.05, 3.63) is 46.2 Å². The van der Waals surface area contributed by atoms with Crippen LogP contribution in [0.2, 0.25) is 0 Å². The summed E-state index contributed by atoms with van der Waals surface area (Å²) in [5.74, 6) is -7.57. The molecule has 1 saturated heterocycles. The number of nitrogens with one attached hydrogen (secondary N) is 1. The molecule has 1 aromatic rings. The highest BCUT2D eigenvalue weighted by atomic mass is 16.4. The van der Waals surface area contributed by atoms with E-state index in [4.69, 9.17) is 0 Å². The first-order valence-corrected chi connectivity index (χ1v) is 13.7. The summed E-state index contributed by atoms with van der Waals surface area (Å²) in [6.07, 6.45) is 0.329. The Morgan fingerprint density at radius 2 is 1.77 bits per heavy atom. The van der Waals surface area contributed by atoms with E-state index in [1.807, 2.05) is 4.90 Å². The lowest BCUT2D eigenvalue weighted by Crippen LogP contribution is -2.70. The molecule has 1 amide bonds. The topological polar surface area (TPSA) is 171 Å². The molecule has 0 radical (unpaired) electrons. The summed E-state index contributed by atoms with van der Waals surface area (Å²) >= 11 is 0. The molecule has 6 N–H and O–H groups in total. The lowest BCUT2D eigenvalue weighted by atomic mass is 9.54. The van der Waals surface area contributed by atoms with Gasteiger partial charge in [-0.3, -0.25) is 24.2 Å². The fourth-order valence-electron chi connectivity index (χ4n) is 7.05. The van der Waals surface area contributed by atoms with Crippen LogP contribution in [-0.2, 0) is 14.4 Å². The zero-order chi connectivity index (χ0) is 29.3. The van der Waals surface area contributed by atoms with Crippen molar-refractivity contribution in [3.63, 3.8) is 0 Å². The monoisotopic (exact) mass is 555 g/mol. The molecule has 11 nitrogen and oxygen atoms in total. The van der Waals surface area contributed by atoms with Gasteiger partial charge >= 0.3 is 0 Å². The van der Waals surface area contributed by atoms with Gasteiger partial charge in [0, 0.05) is 24.6 Å². The van der Waals surface area contributed by atoms with E-state index in [0.717, 1.165) is 25.9 Å². The van der Waals surface area contributed by atoms with E-state index in [1.165, 1.54) is 25.1 Å². The average molecular weight is 556 g/mol. The van der Waals surface area contributed by atoms with Gasteiger partial charge < -0.3 is 30.8 Å². The van der Waals surface area contributed by atoms with Gasteiger partial charge in [-0.25, -0.2) is 0 Å². The second-order valence-corrected chi connectivity index (χ2v) is 11.9. The van der Waals surface area contributed by atoms with Gasteiger partial charge in [-0.15, -0.1) is 0 Å². The number of fused-ring (bicyclic) bond motifs is 3. The third-order valence-corrected chi connectivity index (χ3v) is 9.31. The number of hydrogen-bond donors (Lipinski definition) is 6. The molecule has 0 spiro atoms. The third kappa shape index (κ3) is 3.98. The molecule has 1 aliphatic heterocycles. The van der Waals surface area contributed by atoms with Crippen LogP contribution in [0.1, 0.15) is 43.7 Å². The maximum absolute atomic E-state index is 14.1. The first-order valence-electron chi connectivity index (χ1n) is 13.7. The van der Waals surface area contributed by atoms with Crippen molar-refractivity contribution >= 4 is 23.2 Å². The average Bonchev–Trinajstić information content (AvgIpc) is 2.90. The van der Waals surface area contributed by atoms with Crippen molar-refractivity contribution in [2.24, 2.45) is 17.8 Å². The van der Waals surface area contributed by atoms with E-state index in [9.17, 15) is 39.9 Å². The molecule has 0 unspecified atom stereocenters. The van der Waals surface area contributed by atoms with Gasteiger partial charge in [0.2, 0.25) is 5.78 Å². The quantitative estimate of drug-likeness (QED) is 0.292. The summed E-state index contributed by atoms with van der Waals surface area (Å²) in [7, 11) is 3.04. The van der Waals surface area contributed by atoms with E-state index in [0.29, 0.717) is 11.5 Å². The Labute approximate surface area is 232 Å². The summed E-state index contributed by atoms with van der Waals surface area (Å²) in [6.45, 7) is 5.47. The summed E-state index contributed by atoms with van der Waals surface area (Å²) in [6, 6.07) is 3.24. The lowest BCUT2D eigenvalue weighted by Gasteiger charge is -2.53. The van der Waals surface area contributed by atoms with Gasteiger partial charge in [-0.05, 0) is 50.4 Å². The maximum Gasteiger partial charge on any atom is 0.259 e. The number of aliphatic hydroxyl groups excluding tert-OH is 3. The number of likely N-dealkylation sites (N-methyl/N-ethyl adjacent to an activating group) is 1. The molecule has 1 heterocycles. The standard InChI is InChI=1S/C29H37N3O8/c1-13-8-10-32(11-9-13)12-30-28(39)20-25(36)22(31(3)4)21-24(35)17-14(2)15-6-5-7-16(33)18(15)23(34)19(17)26(37)29(21,40)27(20)38/h5-7,13-14,17,21-22,24,33-35,38,40H,8-12H2,1-4H3,(H,30,39)/t14-,17+,21+,22-,24-,29-/m0/s1. The third-order valence-electron chi connectivity index (χ3n) is 9.31. The Morgan fingerprint density at radius 1 is 1.12 bits per heavy atom. The van der Waals surface area contributed by atoms with E-state index in [2.05, 4.69) is 12.2 Å². The smallest absolute Gasteiger partial charge is 0.259 e. The van der Waals surface area contributed by atoms with Gasteiger partial charge in [-0.2, -0.15) is 0 Å². The molecule has 6 atom stereocenters. The fourth-order valence-corrected chi connectivity index (χ4v) is 7.05. The Kier molecular flexibility index (Phi) is 7.06. The number of amides is 1.